The van der Waals surface area contributed by atoms with E-state index in [1.807, 2.05) is 6.92 Å². The monoisotopic (exact) mass is 302 g/mol. The molecule has 0 aromatic rings. The average molecular weight is 302 g/mol. The Hall–Kier alpha value is -2.16. The number of carbonyl (C=O) groups excluding carboxylic acids is 3. The zero-order chi connectivity index (χ0) is 16.4. The summed E-state index contributed by atoms with van der Waals surface area (Å²) in [4.78, 5) is 44.7. The van der Waals surface area contributed by atoms with Crippen LogP contribution in [0.2, 0.25) is 0 Å². The highest BCUT2D eigenvalue weighted by atomic mass is 16.4. The minimum Gasteiger partial charge on any atom is -0.480 e. The summed E-state index contributed by atoms with van der Waals surface area (Å²) in [6.45, 7) is 2.63. The number of nitrogens with two attached hydrogens (primary N) is 1. The topological polar surface area (TPSA) is 151 Å². The molecule has 0 aliphatic heterocycles. The summed E-state index contributed by atoms with van der Waals surface area (Å²) in [5, 5.41) is 15.9. The van der Waals surface area contributed by atoms with Gasteiger partial charge in [-0.25, -0.2) is 4.79 Å². The van der Waals surface area contributed by atoms with Gasteiger partial charge in [0.05, 0.1) is 19.6 Å². The van der Waals surface area contributed by atoms with Crippen LogP contribution in [0.1, 0.15) is 20.3 Å². The zero-order valence-electron chi connectivity index (χ0n) is 12.1. The fourth-order valence-electron chi connectivity index (χ4n) is 1.40. The van der Waals surface area contributed by atoms with Crippen LogP contribution < -0.4 is 21.7 Å². The van der Waals surface area contributed by atoms with Gasteiger partial charge in [-0.15, -0.1) is 0 Å². The van der Waals surface area contributed by atoms with Gasteiger partial charge in [-0.05, 0) is 5.92 Å². The molecule has 21 heavy (non-hydrogen) atoms. The third-order valence-corrected chi connectivity index (χ3v) is 2.87. The van der Waals surface area contributed by atoms with Crippen molar-refractivity contribution in [2.24, 2.45) is 11.7 Å². The molecule has 0 fully saturated rings. The van der Waals surface area contributed by atoms with Gasteiger partial charge < -0.3 is 26.8 Å². The van der Waals surface area contributed by atoms with Crippen LogP contribution >= 0.6 is 0 Å². The molecule has 9 heteroatoms. The van der Waals surface area contributed by atoms with Crippen LogP contribution in [-0.2, 0) is 19.2 Å². The van der Waals surface area contributed by atoms with Crippen LogP contribution in [0.3, 0.4) is 0 Å². The average Bonchev–Trinajstić information content (AvgIpc) is 2.46. The Morgan fingerprint density at radius 2 is 1.57 bits per heavy atom. The van der Waals surface area contributed by atoms with Crippen molar-refractivity contribution in [2.75, 3.05) is 19.6 Å². The molecule has 0 aromatic heterocycles. The summed E-state index contributed by atoms with van der Waals surface area (Å²) in [6.07, 6.45) is 0.592. The Kier molecular flexibility index (Phi) is 8.70. The van der Waals surface area contributed by atoms with Crippen molar-refractivity contribution < 1.29 is 24.3 Å². The lowest BCUT2D eigenvalue weighted by molar-refractivity contribution is -0.143. The first-order chi connectivity index (χ1) is 9.81. The van der Waals surface area contributed by atoms with E-state index in [1.54, 1.807) is 6.92 Å². The SMILES string of the molecule is CCC(C)C(NC(=O)CNC(=O)CNC(=O)CN)C(=O)O. The number of hydrogen-bond acceptors (Lipinski definition) is 5. The second-order valence-electron chi connectivity index (χ2n) is 4.53. The molecule has 0 spiro atoms. The molecule has 0 bridgehead atoms. The lowest BCUT2D eigenvalue weighted by Gasteiger charge is -2.20. The second-order valence-corrected chi connectivity index (χ2v) is 4.53. The first-order valence-electron chi connectivity index (χ1n) is 6.57. The van der Waals surface area contributed by atoms with E-state index in [4.69, 9.17) is 10.8 Å². The van der Waals surface area contributed by atoms with Crippen molar-refractivity contribution in [2.45, 2.75) is 26.3 Å². The van der Waals surface area contributed by atoms with Gasteiger partial charge in [-0.1, -0.05) is 20.3 Å². The van der Waals surface area contributed by atoms with Crippen molar-refractivity contribution >= 4 is 23.7 Å². The zero-order valence-corrected chi connectivity index (χ0v) is 12.1. The van der Waals surface area contributed by atoms with Gasteiger partial charge in [-0.2, -0.15) is 0 Å². The molecule has 0 heterocycles. The highest BCUT2D eigenvalue weighted by Gasteiger charge is 2.25. The van der Waals surface area contributed by atoms with Crippen molar-refractivity contribution in [1.29, 1.82) is 0 Å². The maximum Gasteiger partial charge on any atom is 0.326 e. The van der Waals surface area contributed by atoms with Crippen LogP contribution in [0.15, 0.2) is 0 Å². The molecular formula is C12H22N4O5. The molecule has 0 saturated heterocycles. The summed E-state index contributed by atoms with van der Waals surface area (Å²) in [5.41, 5.74) is 5.04. The Balaban J connectivity index is 4.16. The van der Waals surface area contributed by atoms with Gasteiger partial charge in [0.1, 0.15) is 6.04 Å². The Morgan fingerprint density at radius 1 is 1.05 bits per heavy atom. The predicted octanol–water partition coefficient (Wildman–Crippen LogP) is -2.21. The quantitative estimate of drug-likeness (QED) is 0.326. The Bertz CT molecular complexity index is 399. The first kappa shape index (κ1) is 18.8. The molecule has 0 rings (SSSR count). The molecule has 0 aliphatic rings. The number of rotatable bonds is 9. The van der Waals surface area contributed by atoms with E-state index in [-0.39, 0.29) is 25.6 Å². The standard InChI is InChI=1S/C12H22N4O5/c1-3-7(2)11(12(20)21)16-10(19)6-15-9(18)5-14-8(17)4-13/h7,11H,3-6,13H2,1-2H3,(H,14,17)(H,15,18)(H,16,19)(H,20,21). The van der Waals surface area contributed by atoms with Crippen molar-refractivity contribution in [3.8, 4) is 0 Å². The number of aliphatic carboxylic acids is 1. The smallest absolute Gasteiger partial charge is 0.326 e. The molecule has 2 atom stereocenters. The van der Waals surface area contributed by atoms with E-state index >= 15 is 0 Å². The van der Waals surface area contributed by atoms with Gasteiger partial charge in [0.25, 0.3) is 0 Å². The van der Waals surface area contributed by atoms with Gasteiger partial charge in [0.15, 0.2) is 0 Å². The first-order valence-corrected chi connectivity index (χ1v) is 6.57. The van der Waals surface area contributed by atoms with Crippen LogP contribution in [0, 0.1) is 5.92 Å². The molecule has 0 aromatic carbocycles. The molecule has 120 valence electrons. The lowest BCUT2D eigenvalue weighted by Crippen LogP contribution is -2.49. The van der Waals surface area contributed by atoms with Gasteiger partial charge in [-0.3, -0.25) is 14.4 Å². The Labute approximate surface area is 122 Å². The highest BCUT2D eigenvalue weighted by Crippen LogP contribution is 2.07. The maximum atomic E-state index is 11.6. The van der Waals surface area contributed by atoms with Crippen LogP contribution in [0.4, 0.5) is 0 Å². The van der Waals surface area contributed by atoms with Crippen molar-refractivity contribution in [3.63, 3.8) is 0 Å². The molecule has 0 radical (unpaired) electrons. The van der Waals surface area contributed by atoms with E-state index < -0.39 is 29.7 Å². The van der Waals surface area contributed by atoms with Gasteiger partial charge in [0, 0.05) is 0 Å². The summed E-state index contributed by atoms with van der Waals surface area (Å²) in [6, 6.07) is -1.00. The van der Waals surface area contributed by atoms with Gasteiger partial charge in [0.2, 0.25) is 17.7 Å². The van der Waals surface area contributed by atoms with E-state index in [2.05, 4.69) is 16.0 Å². The number of amides is 3. The molecule has 9 nitrogen and oxygen atoms in total. The molecular weight excluding hydrogens is 280 g/mol. The summed E-state index contributed by atoms with van der Waals surface area (Å²) in [5.74, 6) is -3.02. The molecule has 3 amide bonds. The summed E-state index contributed by atoms with van der Waals surface area (Å²) < 4.78 is 0. The minimum atomic E-state index is -1.13. The van der Waals surface area contributed by atoms with Gasteiger partial charge >= 0.3 is 5.97 Å². The molecule has 2 unspecified atom stereocenters. The third kappa shape index (κ3) is 7.88. The number of nitrogens with one attached hydrogen (secondary N) is 3. The molecule has 0 aliphatic carbocycles. The normalized spacial score (nSPS) is 12.9. The predicted molar refractivity (Wildman–Crippen MR) is 74.1 cm³/mol. The number of carboxylic acids is 1. The fraction of sp³-hybridized carbons (Fsp3) is 0.667. The van der Waals surface area contributed by atoms with E-state index in [0.29, 0.717) is 6.42 Å². The van der Waals surface area contributed by atoms with Crippen LogP contribution in [0.25, 0.3) is 0 Å². The summed E-state index contributed by atoms with van der Waals surface area (Å²) in [7, 11) is 0. The van der Waals surface area contributed by atoms with Crippen LogP contribution in [0.5, 0.6) is 0 Å². The third-order valence-electron chi connectivity index (χ3n) is 2.87. The number of carbonyl (C=O) groups is 4. The van der Waals surface area contributed by atoms with E-state index in [1.165, 1.54) is 0 Å². The van der Waals surface area contributed by atoms with E-state index in [0.717, 1.165) is 0 Å². The van der Waals surface area contributed by atoms with Crippen LogP contribution in [-0.4, -0.2) is 54.5 Å². The Morgan fingerprint density at radius 3 is 2.05 bits per heavy atom. The lowest BCUT2D eigenvalue weighted by atomic mass is 9.99. The maximum absolute atomic E-state index is 11.6. The van der Waals surface area contributed by atoms with E-state index in [9.17, 15) is 19.2 Å². The van der Waals surface area contributed by atoms with Crippen molar-refractivity contribution in [1.82, 2.24) is 16.0 Å². The fourth-order valence-corrected chi connectivity index (χ4v) is 1.40. The number of carboxylic acid groups (broad SMARTS) is 1. The largest absolute Gasteiger partial charge is 0.480 e. The number of hydrogen-bond donors (Lipinski definition) is 5. The summed E-state index contributed by atoms with van der Waals surface area (Å²) >= 11 is 0. The highest BCUT2D eigenvalue weighted by molar-refractivity contribution is 5.90. The molecule has 0 saturated carbocycles. The van der Waals surface area contributed by atoms with Crippen molar-refractivity contribution in [3.05, 3.63) is 0 Å². The second kappa shape index (κ2) is 9.70. The minimum absolute atomic E-state index is 0.231. The molecule has 6 N–H and O–H groups in total.